The molecule has 0 aliphatic carbocycles. The van der Waals surface area contributed by atoms with Crippen molar-refractivity contribution in [2.45, 2.75) is 20.8 Å². The van der Waals surface area contributed by atoms with Crippen molar-refractivity contribution in [1.82, 2.24) is 9.97 Å². The lowest BCUT2D eigenvalue weighted by molar-refractivity contribution is 0.102. The Morgan fingerprint density at radius 3 is 2.50 bits per heavy atom. The molecule has 0 aromatic carbocycles. The fraction of sp³-hybridized carbons (Fsp3) is 0.267. The molecule has 1 amide bonds. The lowest BCUT2D eigenvalue weighted by Crippen LogP contribution is -2.15. The number of hydrogen-bond donors (Lipinski definition) is 2. The molecule has 0 fully saturated rings. The molecule has 5 nitrogen and oxygen atoms in total. The zero-order valence-electron chi connectivity index (χ0n) is 12.1. The first kappa shape index (κ1) is 14.0. The van der Waals surface area contributed by atoms with Crippen molar-refractivity contribution >= 4 is 17.3 Å². The van der Waals surface area contributed by atoms with E-state index in [4.69, 9.17) is 0 Å². The van der Waals surface area contributed by atoms with Crippen molar-refractivity contribution < 1.29 is 4.79 Å². The molecule has 2 N–H and O–H groups in total. The molecule has 0 atom stereocenters. The van der Waals surface area contributed by atoms with E-state index in [1.165, 1.54) is 0 Å². The van der Waals surface area contributed by atoms with Gasteiger partial charge in [0.25, 0.3) is 5.91 Å². The average Bonchev–Trinajstić information content (AvgIpc) is 2.41. The lowest BCUT2D eigenvalue weighted by atomic mass is 10.2. The lowest BCUT2D eigenvalue weighted by Gasteiger charge is -2.11. The normalized spacial score (nSPS) is 10.2. The van der Waals surface area contributed by atoms with Gasteiger partial charge in [0, 0.05) is 24.6 Å². The van der Waals surface area contributed by atoms with Gasteiger partial charge in [-0.05, 0) is 39.0 Å². The first-order valence-electron chi connectivity index (χ1n) is 6.41. The first-order valence-corrected chi connectivity index (χ1v) is 6.41. The van der Waals surface area contributed by atoms with Gasteiger partial charge in [0.1, 0.15) is 0 Å². The minimum Gasteiger partial charge on any atom is -0.387 e. The van der Waals surface area contributed by atoms with Crippen molar-refractivity contribution in [2.75, 3.05) is 17.7 Å². The highest BCUT2D eigenvalue weighted by atomic mass is 16.1. The molecule has 5 heteroatoms. The van der Waals surface area contributed by atoms with Crippen LogP contribution in [0.2, 0.25) is 0 Å². The highest BCUT2D eigenvalue weighted by molar-refractivity contribution is 6.08. The number of anilines is 2. The predicted octanol–water partition coefficient (Wildman–Crippen LogP) is 2.70. The molecule has 2 heterocycles. The maximum absolute atomic E-state index is 12.3. The molecule has 104 valence electrons. The molecule has 20 heavy (non-hydrogen) atoms. The Kier molecular flexibility index (Phi) is 3.98. The molecular formula is C15H18N4O. The summed E-state index contributed by atoms with van der Waals surface area (Å²) >= 11 is 0. The van der Waals surface area contributed by atoms with Crippen molar-refractivity contribution in [2.24, 2.45) is 0 Å². The Balaban J connectivity index is 2.28. The largest absolute Gasteiger partial charge is 0.387 e. The Bertz CT molecular complexity index is 652. The zero-order valence-corrected chi connectivity index (χ0v) is 12.1. The van der Waals surface area contributed by atoms with E-state index in [1.54, 1.807) is 13.2 Å². The second-order valence-electron chi connectivity index (χ2n) is 4.66. The van der Waals surface area contributed by atoms with Crippen LogP contribution in [0, 0.1) is 20.8 Å². The van der Waals surface area contributed by atoms with Crippen molar-refractivity contribution in [3.63, 3.8) is 0 Å². The number of hydrogen-bond acceptors (Lipinski definition) is 4. The second-order valence-corrected chi connectivity index (χ2v) is 4.66. The van der Waals surface area contributed by atoms with Gasteiger partial charge in [-0.25, -0.2) is 0 Å². The minimum atomic E-state index is -0.199. The number of aryl methyl sites for hydroxylation is 3. The summed E-state index contributed by atoms with van der Waals surface area (Å²) in [5.74, 6) is -0.199. The molecule has 0 bridgehead atoms. The van der Waals surface area contributed by atoms with Crippen LogP contribution in [0.3, 0.4) is 0 Å². The Morgan fingerprint density at radius 1 is 1.10 bits per heavy atom. The van der Waals surface area contributed by atoms with Gasteiger partial charge in [0.05, 0.1) is 22.6 Å². The fourth-order valence-electron chi connectivity index (χ4n) is 1.96. The van der Waals surface area contributed by atoms with Crippen LogP contribution in [0.15, 0.2) is 24.4 Å². The Hall–Kier alpha value is -2.43. The number of pyridine rings is 2. The highest BCUT2D eigenvalue weighted by Crippen LogP contribution is 2.18. The van der Waals surface area contributed by atoms with Gasteiger partial charge in [-0.3, -0.25) is 14.8 Å². The number of aromatic nitrogens is 2. The van der Waals surface area contributed by atoms with Gasteiger partial charge in [-0.2, -0.15) is 0 Å². The number of carbonyl (C=O) groups excluding carboxylic acids is 1. The molecule has 0 saturated carbocycles. The summed E-state index contributed by atoms with van der Waals surface area (Å²) in [6, 6.07) is 5.57. The summed E-state index contributed by atoms with van der Waals surface area (Å²) < 4.78 is 0. The van der Waals surface area contributed by atoms with E-state index in [2.05, 4.69) is 20.6 Å². The van der Waals surface area contributed by atoms with Crippen LogP contribution in [-0.2, 0) is 0 Å². The van der Waals surface area contributed by atoms with Gasteiger partial charge < -0.3 is 10.6 Å². The van der Waals surface area contributed by atoms with Gasteiger partial charge in [-0.15, -0.1) is 0 Å². The van der Waals surface area contributed by atoms with Crippen molar-refractivity contribution in [1.29, 1.82) is 0 Å². The third-order valence-corrected chi connectivity index (χ3v) is 3.03. The topological polar surface area (TPSA) is 66.9 Å². The highest BCUT2D eigenvalue weighted by Gasteiger charge is 2.13. The third kappa shape index (κ3) is 2.93. The molecule has 2 aromatic heterocycles. The molecular weight excluding hydrogens is 252 g/mol. The van der Waals surface area contributed by atoms with Crippen LogP contribution in [0.25, 0.3) is 0 Å². The van der Waals surface area contributed by atoms with Gasteiger partial charge >= 0.3 is 0 Å². The van der Waals surface area contributed by atoms with Gasteiger partial charge in [0.15, 0.2) is 0 Å². The summed E-state index contributed by atoms with van der Waals surface area (Å²) in [5, 5.41) is 5.88. The monoisotopic (exact) mass is 270 g/mol. The van der Waals surface area contributed by atoms with Crippen LogP contribution in [0.1, 0.15) is 27.4 Å². The average molecular weight is 270 g/mol. The summed E-state index contributed by atoms with van der Waals surface area (Å²) in [6.07, 6.45) is 1.58. The van der Waals surface area contributed by atoms with Crippen LogP contribution >= 0.6 is 0 Å². The molecule has 0 aliphatic heterocycles. The quantitative estimate of drug-likeness (QED) is 0.900. The van der Waals surface area contributed by atoms with Gasteiger partial charge in [-0.1, -0.05) is 0 Å². The number of amides is 1. The van der Waals surface area contributed by atoms with Crippen molar-refractivity contribution in [3.05, 3.63) is 47.0 Å². The van der Waals surface area contributed by atoms with E-state index in [0.717, 1.165) is 22.8 Å². The minimum absolute atomic E-state index is 0.199. The molecule has 0 spiro atoms. The number of rotatable bonds is 3. The standard InChI is InChI=1S/C15H18N4O/c1-9-5-6-13(11(3)18-9)19-15(20)12-8-17-10(2)7-14(12)16-4/h5-8H,1-4H3,(H,16,17)(H,19,20). The second kappa shape index (κ2) is 5.69. The molecule has 0 unspecified atom stereocenters. The van der Waals surface area contributed by atoms with E-state index in [9.17, 15) is 4.79 Å². The fourth-order valence-corrected chi connectivity index (χ4v) is 1.96. The first-order chi connectivity index (χ1) is 9.51. The summed E-state index contributed by atoms with van der Waals surface area (Å²) in [5.41, 5.74) is 4.56. The van der Waals surface area contributed by atoms with E-state index in [0.29, 0.717) is 11.3 Å². The molecule has 2 aromatic rings. The Labute approximate surface area is 118 Å². The molecule has 0 aliphatic rings. The smallest absolute Gasteiger partial charge is 0.259 e. The van der Waals surface area contributed by atoms with E-state index >= 15 is 0 Å². The molecule has 0 radical (unpaired) electrons. The number of nitrogens with zero attached hydrogens (tertiary/aromatic N) is 2. The SMILES string of the molecule is CNc1cc(C)ncc1C(=O)Nc1ccc(C)nc1C. The maximum atomic E-state index is 12.3. The summed E-state index contributed by atoms with van der Waals surface area (Å²) in [7, 11) is 1.78. The van der Waals surface area contributed by atoms with E-state index in [-0.39, 0.29) is 5.91 Å². The summed E-state index contributed by atoms with van der Waals surface area (Å²) in [6.45, 7) is 5.67. The maximum Gasteiger partial charge on any atom is 0.259 e. The summed E-state index contributed by atoms with van der Waals surface area (Å²) in [4.78, 5) is 20.8. The number of carbonyl (C=O) groups is 1. The third-order valence-electron chi connectivity index (χ3n) is 3.03. The molecule has 2 rings (SSSR count). The number of nitrogens with one attached hydrogen (secondary N) is 2. The van der Waals surface area contributed by atoms with E-state index < -0.39 is 0 Å². The van der Waals surface area contributed by atoms with Crippen LogP contribution in [0.4, 0.5) is 11.4 Å². The van der Waals surface area contributed by atoms with Crippen molar-refractivity contribution in [3.8, 4) is 0 Å². The molecule has 0 saturated heterocycles. The van der Waals surface area contributed by atoms with Crippen LogP contribution in [-0.4, -0.2) is 22.9 Å². The van der Waals surface area contributed by atoms with Gasteiger partial charge in [0.2, 0.25) is 0 Å². The van der Waals surface area contributed by atoms with E-state index in [1.807, 2.05) is 39.0 Å². The predicted molar refractivity (Wildman–Crippen MR) is 80.2 cm³/mol. The van der Waals surface area contributed by atoms with Crippen LogP contribution < -0.4 is 10.6 Å². The Morgan fingerprint density at radius 2 is 1.85 bits per heavy atom. The zero-order chi connectivity index (χ0) is 14.7. The van der Waals surface area contributed by atoms with Crippen LogP contribution in [0.5, 0.6) is 0 Å².